The second kappa shape index (κ2) is 3.42. The molecule has 3 heteroatoms. The van der Waals surface area contributed by atoms with Crippen molar-refractivity contribution in [3.8, 4) is 0 Å². The van der Waals surface area contributed by atoms with Gasteiger partial charge in [0, 0.05) is 5.69 Å². The van der Waals surface area contributed by atoms with E-state index in [2.05, 4.69) is 27.5 Å². The maximum atomic E-state index is 4.26. The minimum atomic E-state index is -1.20. The molecule has 0 fully saturated rings. The molecule has 0 bridgehead atoms. The summed E-state index contributed by atoms with van der Waals surface area (Å²) < 4.78 is 3.25. The SMILES string of the molecule is C=S(=C)(C)Nc1cnc(C)c(C)c1. The van der Waals surface area contributed by atoms with Gasteiger partial charge >= 0.3 is 0 Å². The number of hydrogen-bond donors (Lipinski definition) is 1. The molecule has 0 spiro atoms. The summed E-state index contributed by atoms with van der Waals surface area (Å²) in [5, 5.41) is 0. The lowest BCUT2D eigenvalue weighted by molar-refractivity contribution is 1.15. The molecule has 0 aromatic carbocycles. The summed E-state index contributed by atoms with van der Waals surface area (Å²) in [6.07, 6.45) is 3.83. The van der Waals surface area contributed by atoms with Crippen molar-refractivity contribution in [2.75, 3.05) is 11.0 Å². The third-order valence-electron chi connectivity index (χ3n) is 1.70. The van der Waals surface area contributed by atoms with Gasteiger partial charge < -0.3 is 4.72 Å². The zero-order valence-electron chi connectivity index (χ0n) is 8.42. The molecule has 0 aliphatic rings. The summed E-state index contributed by atoms with van der Waals surface area (Å²) in [5.41, 5.74) is 3.26. The molecule has 0 amide bonds. The molecule has 0 aliphatic carbocycles. The van der Waals surface area contributed by atoms with Crippen LogP contribution in [0.25, 0.3) is 0 Å². The number of nitrogens with zero attached hydrogens (tertiary/aromatic N) is 1. The van der Waals surface area contributed by atoms with Gasteiger partial charge in [-0.2, -0.15) is 0 Å². The second-order valence-corrected chi connectivity index (χ2v) is 6.26. The van der Waals surface area contributed by atoms with E-state index in [1.807, 2.05) is 26.3 Å². The Hall–Kier alpha value is -0.960. The second-order valence-electron chi connectivity index (χ2n) is 3.50. The van der Waals surface area contributed by atoms with Gasteiger partial charge in [0.05, 0.1) is 11.9 Å². The predicted molar refractivity (Wildman–Crippen MR) is 65.1 cm³/mol. The molecule has 72 valence electrons. The Morgan fingerprint density at radius 2 is 2.00 bits per heavy atom. The Morgan fingerprint density at radius 1 is 1.38 bits per heavy atom. The first-order chi connectivity index (χ1) is 5.88. The van der Waals surface area contributed by atoms with Gasteiger partial charge in [0.1, 0.15) is 0 Å². The van der Waals surface area contributed by atoms with Crippen molar-refractivity contribution in [2.45, 2.75) is 13.8 Å². The van der Waals surface area contributed by atoms with Gasteiger partial charge in [-0.05, 0) is 31.7 Å². The Bertz CT molecular complexity index is 405. The number of rotatable bonds is 2. The van der Waals surface area contributed by atoms with E-state index in [0.29, 0.717) is 0 Å². The quantitative estimate of drug-likeness (QED) is 0.734. The van der Waals surface area contributed by atoms with Crippen molar-refractivity contribution < 1.29 is 0 Å². The standard InChI is InChI=1S/C10H16N2S/c1-8-6-10(7-11-9(8)2)12-13(3,4)5/h6-7,12H,3-4H2,1-2,5H3. The van der Waals surface area contributed by atoms with E-state index in [1.54, 1.807) is 0 Å². The topological polar surface area (TPSA) is 24.9 Å². The van der Waals surface area contributed by atoms with Gasteiger partial charge in [0.15, 0.2) is 0 Å². The average molecular weight is 196 g/mol. The summed E-state index contributed by atoms with van der Waals surface area (Å²) >= 11 is 0. The van der Waals surface area contributed by atoms with Crippen LogP contribution in [0.3, 0.4) is 0 Å². The fourth-order valence-corrected chi connectivity index (χ4v) is 1.66. The van der Waals surface area contributed by atoms with Gasteiger partial charge in [-0.3, -0.25) is 4.98 Å². The van der Waals surface area contributed by atoms with Crippen molar-refractivity contribution in [3.05, 3.63) is 23.5 Å². The highest BCUT2D eigenvalue weighted by molar-refractivity contribution is 8.28. The lowest BCUT2D eigenvalue weighted by Gasteiger charge is -2.12. The molecule has 0 saturated heterocycles. The summed E-state index contributed by atoms with van der Waals surface area (Å²) in [4.78, 5) is 4.26. The van der Waals surface area contributed by atoms with Gasteiger partial charge in [0.2, 0.25) is 0 Å². The summed E-state index contributed by atoms with van der Waals surface area (Å²) in [6, 6.07) is 2.07. The van der Waals surface area contributed by atoms with Gasteiger partial charge in [-0.15, -0.1) is 9.39 Å². The molecule has 1 rings (SSSR count). The van der Waals surface area contributed by atoms with Crippen LogP contribution in [0.5, 0.6) is 0 Å². The Labute approximate surface area is 80.6 Å². The van der Waals surface area contributed by atoms with E-state index >= 15 is 0 Å². The predicted octanol–water partition coefficient (Wildman–Crippen LogP) is 2.32. The highest BCUT2D eigenvalue weighted by Crippen LogP contribution is 2.19. The van der Waals surface area contributed by atoms with Crippen molar-refractivity contribution in [3.63, 3.8) is 0 Å². The van der Waals surface area contributed by atoms with Crippen LogP contribution in [0.4, 0.5) is 5.69 Å². The normalized spacial score (nSPS) is 11.3. The highest BCUT2D eigenvalue weighted by Gasteiger charge is 1.96. The fraction of sp³-hybridized carbons (Fsp3) is 0.300. The molecular weight excluding hydrogens is 180 g/mol. The molecule has 1 aromatic rings. The molecular formula is C10H16N2S. The first-order valence-corrected chi connectivity index (χ1v) is 6.42. The molecule has 0 saturated carbocycles. The Balaban J connectivity index is 2.99. The van der Waals surface area contributed by atoms with Crippen LogP contribution in [-0.4, -0.2) is 23.0 Å². The molecule has 1 N–H and O–H groups in total. The largest absolute Gasteiger partial charge is 0.340 e. The number of nitrogens with one attached hydrogen (secondary N) is 1. The number of anilines is 1. The molecule has 0 atom stereocenters. The van der Waals surface area contributed by atoms with Crippen LogP contribution in [0.15, 0.2) is 12.3 Å². The summed E-state index contributed by atoms with van der Waals surface area (Å²) in [6.45, 7) is 4.05. The third-order valence-corrected chi connectivity index (χ3v) is 2.43. The van der Waals surface area contributed by atoms with E-state index in [1.165, 1.54) is 5.56 Å². The number of aryl methyl sites for hydroxylation is 2. The highest BCUT2D eigenvalue weighted by atomic mass is 32.2. The molecule has 1 aromatic heterocycles. The lowest BCUT2D eigenvalue weighted by atomic mass is 10.2. The van der Waals surface area contributed by atoms with E-state index in [-0.39, 0.29) is 0 Å². The number of pyridine rings is 1. The molecule has 1 heterocycles. The molecule has 13 heavy (non-hydrogen) atoms. The van der Waals surface area contributed by atoms with Crippen molar-refractivity contribution in [2.24, 2.45) is 0 Å². The Kier molecular flexibility index (Phi) is 2.66. The van der Waals surface area contributed by atoms with Crippen LogP contribution in [-0.2, 0) is 0 Å². The summed E-state index contributed by atoms with van der Waals surface area (Å²) in [7, 11) is -1.20. The van der Waals surface area contributed by atoms with Crippen molar-refractivity contribution >= 4 is 26.8 Å². The van der Waals surface area contributed by atoms with E-state index in [9.17, 15) is 0 Å². The molecule has 0 aliphatic heterocycles. The van der Waals surface area contributed by atoms with E-state index < -0.39 is 9.39 Å². The van der Waals surface area contributed by atoms with Crippen LogP contribution < -0.4 is 4.72 Å². The van der Waals surface area contributed by atoms with E-state index in [0.717, 1.165) is 11.4 Å². The minimum Gasteiger partial charge on any atom is -0.340 e. The van der Waals surface area contributed by atoms with E-state index in [4.69, 9.17) is 0 Å². The first kappa shape index (κ1) is 10.1. The van der Waals surface area contributed by atoms with Crippen molar-refractivity contribution in [1.29, 1.82) is 0 Å². The molecule has 2 nitrogen and oxygen atoms in total. The first-order valence-electron chi connectivity index (χ1n) is 4.04. The van der Waals surface area contributed by atoms with Gasteiger partial charge in [-0.25, -0.2) is 0 Å². The number of hydrogen-bond acceptors (Lipinski definition) is 2. The minimum absolute atomic E-state index is 1.01. The molecule has 0 unspecified atom stereocenters. The van der Waals surface area contributed by atoms with Gasteiger partial charge in [-0.1, -0.05) is 11.7 Å². The zero-order valence-corrected chi connectivity index (χ0v) is 9.24. The monoisotopic (exact) mass is 196 g/mol. The smallest absolute Gasteiger partial charge is 0.0620 e. The maximum absolute atomic E-state index is 4.26. The van der Waals surface area contributed by atoms with Crippen molar-refractivity contribution in [1.82, 2.24) is 4.98 Å². The maximum Gasteiger partial charge on any atom is 0.0620 e. The lowest BCUT2D eigenvalue weighted by Crippen LogP contribution is -1.95. The van der Waals surface area contributed by atoms with Crippen LogP contribution >= 0.6 is 9.39 Å². The zero-order chi connectivity index (χ0) is 10.1. The summed E-state index contributed by atoms with van der Waals surface area (Å²) in [5.74, 6) is 7.90. The Morgan fingerprint density at radius 3 is 2.46 bits per heavy atom. The van der Waals surface area contributed by atoms with Gasteiger partial charge in [0.25, 0.3) is 0 Å². The molecule has 0 radical (unpaired) electrons. The number of aromatic nitrogens is 1. The van der Waals surface area contributed by atoms with Crippen LogP contribution in [0.2, 0.25) is 0 Å². The van der Waals surface area contributed by atoms with Crippen LogP contribution in [0, 0.1) is 13.8 Å². The van der Waals surface area contributed by atoms with Crippen LogP contribution in [0.1, 0.15) is 11.3 Å². The third kappa shape index (κ3) is 3.11. The fourth-order valence-electron chi connectivity index (χ4n) is 0.983. The average Bonchev–Trinajstić information content (AvgIpc) is 1.94.